The van der Waals surface area contributed by atoms with Gasteiger partial charge in [-0.2, -0.15) is 0 Å². The van der Waals surface area contributed by atoms with Crippen molar-refractivity contribution in [2.24, 2.45) is 0 Å². The molecule has 4 aromatic rings. The molecule has 0 atom stereocenters. The number of carbonyl (C=O) groups is 2. The van der Waals surface area contributed by atoms with E-state index in [1.807, 2.05) is 47.8 Å². The summed E-state index contributed by atoms with van der Waals surface area (Å²) >= 11 is 1.56. The minimum absolute atomic E-state index is 0.243. The van der Waals surface area contributed by atoms with Gasteiger partial charge in [-0.1, -0.05) is 36.4 Å². The Kier molecular flexibility index (Phi) is 4.29. The van der Waals surface area contributed by atoms with Gasteiger partial charge < -0.3 is 9.47 Å². The van der Waals surface area contributed by atoms with E-state index < -0.39 is 0 Å². The van der Waals surface area contributed by atoms with E-state index in [1.165, 1.54) is 4.90 Å². The molecule has 6 rings (SSSR count). The zero-order valence-corrected chi connectivity index (χ0v) is 17.6. The fourth-order valence-electron chi connectivity index (χ4n) is 3.91. The highest BCUT2D eigenvalue weighted by Crippen LogP contribution is 2.37. The maximum atomic E-state index is 12.6. The van der Waals surface area contributed by atoms with Gasteiger partial charge in [-0.3, -0.25) is 14.5 Å². The number of hydrogen-bond acceptors (Lipinski definition) is 6. The van der Waals surface area contributed by atoms with E-state index in [0.29, 0.717) is 11.1 Å². The molecule has 6 nitrogen and oxygen atoms in total. The van der Waals surface area contributed by atoms with Gasteiger partial charge >= 0.3 is 0 Å². The van der Waals surface area contributed by atoms with E-state index in [0.717, 1.165) is 38.9 Å². The van der Waals surface area contributed by atoms with Crippen LogP contribution in [0.25, 0.3) is 21.8 Å². The molecule has 2 aliphatic heterocycles. The standard InChI is InChI=1S/C25H16N2O4S/c28-24-18-3-1-2-4-19(18)25(29)27(24)12-15-5-7-16(8-6-15)23-26-20(13-32-23)17-9-10-21-22(11-17)31-14-30-21/h1-11,13H,12,14H2. The molecular weight excluding hydrogens is 424 g/mol. The lowest BCUT2D eigenvalue weighted by Gasteiger charge is -2.14. The Labute approximate surface area is 187 Å². The van der Waals surface area contributed by atoms with Gasteiger partial charge in [0.2, 0.25) is 6.79 Å². The van der Waals surface area contributed by atoms with Crippen LogP contribution >= 0.6 is 11.3 Å². The molecule has 3 heterocycles. The Morgan fingerprint density at radius 2 is 1.53 bits per heavy atom. The molecule has 0 fully saturated rings. The third-order valence-corrected chi connectivity index (χ3v) is 6.48. The molecule has 0 radical (unpaired) electrons. The Balaban J connectivity index is 1.20. The lowest BCUT2D eigenvalue weighted by molar-refractivity contribution is 0.0642. The molecule has 1 aromatic heterocycles. The summed E-state index contributed by atoms with van der Waals surface area (Å²) < 4.78 is 10.8. The molecule has 0 spiro atoms. The van der Waals surface area contributed by atoms with Gasteiger partial charge in [0.1, 0.15) is 5.01 Å². The minimum Gasteiger partial charge on any atom is -0.454 e. The molecule has 0 aliphatic carbocycles. The normalized spacial score (nSPS) is 14.2. The first-order valence-corrected chi connectivity index (χ1v) is 11.0. The number of aromatic nitrogens is 1. The quantitative estimate of drug-likeness (QED) is 0.418. The van der Waals surface area contributed by atoms with Gasteiger partial charge in [0.15, 0.2) is 11.5 Å². The Bertz CT molecular complexity index is 1340. The van der Waals surface area contributed by atoms with Crippen LogP contribution in [0.3, 0.4) is 0 Å². The van der Waals surface area contributed by atoms with Crippen LogP contribution in [0.5, 0.6) is 11.5 Å². The lowest BCUT2D eigenvalue weighted by Crippen LogP contribution is -2.29. The third-order valence-electron chi connectivity index (χ3n) is 5.59. The summed E-state index contributed by atoms with van der Waals surface area (Å²) in [5.74, 6) is 0.985. The van der Waals surface area contributed by atoms with Gasteiger partial charge in [-0.25, -0.2) is 4.98 Å². The number of hydrogen-bond donors (Lipinski definition) is 0. The Morgan fingerprint density at radius 3 is 2.28 bits per heavy atom. The Hall–Kier alpha value is -3.97. The van der Waals surface area contributed by atoms with Crippen molar-refractivity contribution in [2.45, 2.75) is 6.54 Å². The number of carbonyl (C=O) groups excluding carboxylic acids is 2. The van der Waals surface area contributed by atoms with Crippen LogP contribution < -0.4 is 9.47 Å². The molecule has 156 valence electrons. The topological polar surface area (TPSA) is 68.7 Å². The van der Waals surface area contributed by atoms with Crippen molar-refractivity contribution in [1.29, 1.82) is 0 Å². The number of benzene rings is 3. The van der Waals surface area contributed by atoms with Gasteiger partial charge in [0.05, 0.1) is 23.4 Å². The number of nitrogens with zero attached hydrogens (tertiary/aromatic N) is 2. The average Bonchev–Trinajstić information content (AvgIpc) is 3.55. The van der Waals surface area contributed by atoms with Crippen LogP contribution in [0, 0.1) is 0 Å². The maximum absolute atomic E-state index is 12.6. The molecule has 0 saturated heterocycles. The lowest BCUT2D eigenvalue weighted by atomic mass is 10.1. The summed E-state index contributed by atoms with van der Waals surface area (Å²) in [6.45, 7) is 0.487. The van der Waals surface area contributed by atoms with Crippen molar-refractivity contribution in [3.63, 3.8) is 0 Å². The van der Waals surface area contributed by atoms with Crippen LogP contribution in [0.1, 0.15) is 26.3 Å². The summed E-state index contributed by atoms with van der Waals surface area (Å²) in [7, 11) is 0. The second-order valence-corrected chi connectivity index (χ2v) is 8.40. The second kappa shape index (κ2) is 7.32. The largest absolute Gasteiger partial charge is 0.454 e. The summed E-state index contributed by atoms with van der Waals surface area (Å²) in [6.07, 6.45) is 0. The van der Waals surface area contributed by atoms with Gasteiger partial charge in [-0.15, -0.1) is 11.3 Å². The summed E-state index contributed by atoms with van der Waals surface area (Å²) in [5, 5.41) is 2.91. The van der Waals surface area contributed by atoms with E-state index >= 15 is 0 Å². The molecule has 3 aromatic carbocycles. The Morgan fingerprint density at radius 1 is 0.844 bits per heavy atom. The van der Waals surface area contributed by atoms with Crippen molar-refractivity contribution in [3.05, 3.63) is 88.8 Å². The molecule has 0 bridgehead atoms. The fourth-order valence-corrected chi connectivity index (χ4v) is 4.75. The molecule has 32 heavy (non-hydrogen) atoms. The molecule has 0 N–H and O–H groups in total. The highest BCUT2D eigenvalue weighted by molar-refractivity contribution is 7.13. The summed E-state index contributed by atoms with van der Waals surface area (Å²) in [5.41, 5.74) is 4.64. The van der Waals surface area contributed by atoms with Crippen molar-refractivity contribution >= 4 is 23.2 Å². The number of ether oxygens (including phenoxy) is 2. The first kappa shape index (κ1) is 18.8. The third kappa shape index (κ3) is 3.06. The molecule has 7 heteroatoms. The maximum Gasteiger partial charge on any atom is 0.261 e. The number of rotatable bonds is 4. The van der Waals surface area contributed by atoms with E-state index in [1.54, 1.807) is 35.6 Å². The smallest absolute Gasteiger partial charge is 0.261 e. The van der Waals surface area contributed by atoms with Gasteiger partial charge in [-0.05, 0) is 35.9 Å². The van der Waals surface area contributed by atoms with Crippen molar-refractivity contribution in [2.75, 3.05) is 6.79 Å². The number of fused-ring (bicyclic) bond motifs is 2. The average molecular weight is 440 g/mol. The van der Waals surface area contributed by atoms with Gasteiger partial charge in [0, 0.05) is 16.5 Å². The molecule has 2 aliphatic rings. The summed E-state index contributed by atoms with van der Waals surface area (Å²) in [6, 6.07) is 20.5. The highest BCUT2D eigenvalue weighted by Gasteiger charge is 2.34. The zero-order valence-electron chi connectivity index (χ0n) is 16.8. The fraction of sp³-hybridized carbons (Fsp3) is 0.0800. The molecule has 2 amide bonds. The molecular formula is C25H16N2O4S. The first-order chi connectivity index (χ1) is 15.7. The van der Waals surface area contributed by atoms with Crippen molar-refractivity contribution < 1.29 is 19.1 Å². The number of imide groups is 1. The van der Waals surface area contributed by atoms with Crippen LogP contribution in [0.4, 0.5) is 0 Å². The SMILES string of the molecule is O=C1c2ccccc2C(=O)N1Cc1ccc(-c2nc(-c3ccc4c(c3)OCO4)cs2)cc1. The van der Waals surface area contributed by atoms with Crippen molar-refractivity contribution in [1.82, 2.24) is 9.88 Å². The van der Waals surface area contributed by atoms with E-state index in [4.69, 9.17) is 14.5 Å². The predicted octanol–water partition coefficient (Wildman–Crippen LogP) is 5.00. The second-order valence-electron chi connectivity index (χ2n) is 7.54. The summed E-state index contributed by atoms with van der Waals surface area (Å²) in [4.78, 5) is 31.2. The van der Waals surface area contributed by atoms with Crippen molar-refractivity contribution in [3.8, 4) is 33.3 Å². The minimum atomic E-state index is -0.247. The zero-order chi connectivity index (χ0) is 21.7. The molecule has 0 unspecified atom stereocenters. The highest BCUT2D eigenvalue weighted by atomic mass is 32.1. The van der Waals surface area contributed by atoms with Crippen LogP contribution in [-0.4, -0.2) is 28.5 Å². The van der Waals surface area contributed by atoms with Crippen LogP contribution in [-0.2, 0) is 6.54 Å². The predicted molar refractivity (Wildman–Crippen MR) is 120 cm³/mol. The van der Waals surface area contributed by atoms with Crippen LogP contribution in [0.15, 0.2) is 72.1 Å². The van der Waals surface area contributed by atoms with E-state index in [2.05, 4.69) is 0 Å². The monoisotopic (exact) mass is 440 g/mol. The first-order valence-electron chi connectivity index (χ1n) is 10.1. The van der Waals surface area contributed by atoms with E-state index in [-0.39, 0.29) is 25.2 Å². The van der Waals surface area contributed by atoms with Crippen LogP contribution in [0.2, 0.25) is 0 Å². The number of amides is 2. The molecule has 0 saturated carbocycles. The van der Waals surface area contributed by atoms with E-state index in [9.17, 15) is 9.59 Å². The van der Waals surface area contributed by atoms with Gasteiger partial charge in [0.25, 0.3) is 11.8 Å². The number of thiazole rings is 1.